The summed E-state index contributed by atoms with van der Waals surface area (Å²) < 4.78 is 0. The minimum Gasteiger partial charge on any atom is -0.486 e. The monoisotopic (exact) mass is 519 g/mol. The van der Waals surface area contributed by atoms with E-state index in [9.17, 15) is 0 Å². The topological polar surface area (TPSA) is 147 Å². The molecule has 7 nitrogen and oxygen atoms in total. The van der Waals surface area contributed by atoms with Gasteiger partial charge in [-0.25, -0.2) is 0 Å². The van der Waals surface area contributed by atoms with E-state index in [1.54, 1.807) is 0 Å². The number of rotatable bonds is 0. The third kappa shape index (κ3) is 273. The second-order valence-electron chi connectivity index (χ2n) is 3.10. The molecule has 0 bridgehead atoms. The first-order valence-corrected chi connectivity index (χ1v) is 11.6. The Morgan fingerprint density at radius 1 is 0.800 bits per heavy atom. The maximum atomic E-state index is 7.56. The molecule has 0 saturated heterocycles. The van der Waals surface area contributed by atoms with E-state index < -0.39 is 13.4 Å². The van der Waals surface area contributed by atoms with E-state index in [2.05, 4.69) is 56.3 Å². The average molecular weight is 517 g/mol. The molecule has 0 aliphatic heterocycles. The molecule has 0 fully saturated rings. The minimum absolute atomic E-state index is 0. The zero-order chi connectivity index (χ0) is 20.7. The van der Waals surface area contributed by atoms with Crippen LogP contribution in [0.1, 0.15) is 26.7 Å². The number of hydrogen-bond acceptors (Lipinski definition) is 3. The van der Waals surface area contributed by atoms with Gasteiger partial charge in [0.2, 0.25) is 0 Å². The summed E-state index contributed by atoms with van der Waals surface area (Å²) in [5, 5.41) is 0. The van der Waals surface area contributed by atoms with E-state index in [-0.39, 0.29) is 21.1 Å². The summed E-state index contributed by atoms with van der Waals surface area (Å²) in [6.45, 7) is 3.39. The maximum absolute atomic E-state index is 7.56. The molecule has 0 unspecified atom stereocenters. The maximum Gasteiger partial charge on any atom is 4.00 e. The van der Waals surface area contributed by atoms with E-state index in [4.69, 9.17) is 29.4 Å². The fourth-order valence-corrected chi connectivity index (χ4v) is 0.342. The van der Waals surface area contributed by atoms with Crippen molar-refractivity contribution in [2.45, 2.75) is 26.7 Å². The van der Waals surface area contributed by atoms with Gasteiger partial charge in [0.1, 0.15) is 0 Å². The van der Waals surface area contributed by atoms with Crippen LogP contribution in [0.2, 0.25) is 0 Å². The molecule has 0 saturated carbocycles. The van der Waals surface area contributed by atoms with Crippen LogP contribution in [0.4, 0.5) is 0 Å². The Labute approximate surface area is 176 Å². The van der Waals surface area contributed by atoms with Crippen LogP contribution in [-0.2, 0) is 44.7 Å². The predicted octanol–water partition coefficient (Wildman–Crippen LogP) is 2.06. The van der Waals surface area contributed by atoms with Gasteiger partial charge >= 0.3 is 34.5 Å². The summed E-state index contributed by atoms with van der Waals surface area (Å²) in [7, 11) is 2.75. The van der Waals surface area contributed by atoms with E-state index >= 15 is 0 Å². The number of nitrogens with two attached hydrogens (primary N) is 1. The van der Waals surface area contributed by atoms with Crippen LogP contribution in [0.5, 0.6) is 0 Å². The standard InChI is InChI=1S/C6H5.2C3H7.CH4N.Mo.2H3O3PS/c1-2-4-6-5-3-1;2*1-3-2;1-2;;2*1-4(2,3)5/h1-5H;2*1,3H2,2H3;1-2H2;;2*(H3,1,2,3,5)/q4*-1;+4;;. The third-order valence-electron chi connectivity index (χ3n) is 0.607. The van der Waals surface area contributed by atoms with Crippen LogP contribution < -0.4 is 5.73 Å². The summed E-state index contributed by atoms with van der Waals surface area (Å²) in [6, 6.07) is 12.5. The Morgan fingerprint density at radius 2 is 0.960 bits per heavy atom. The van der Waals surface area contributed by atoms with Crippen LogP contribution in [0.15, 0.2) is 30.3 Å². The molecule has 150 valence electrons. The largest absolute Gasteiger partial charge is 4.00 e. The Balaban J connectivity index is -0.0000000447. The fourth-order valence-electron chi connectivity index (χ4n) is 0.342. The van der Waals surface area contributed by atoms with Gasteiger partial charge in [-0.05, 0) is 23.6 Å². The Hall–Kier alpha value is 0.928. The molecule has 0 aliphatic rings. The number of benzene rings is 1. The Bertz CT molecular complexity index is 328. The molecule has 0 amide bonds. The third-order valence-corrected chi connectivity index (χ3v) is 0.607. The van der Waals surface area contributed by atoms with Gasteiger partial charge in [-0.1, -0.05) is 13.8 Å². The van der Waals surface area contributed by atoms with Crippen molar-refractivity contribution in [3.05, 3.63) is 57.3 Å². The van der Waals surface area contributed by atoms with Crippen LogP contribution in [0.3, 0.4) is 0 Å². The van der Waals surface area contributed by atoms with Gasteiger partial charge in [-0.3, -0.25) is 7.05 Å². The molecule has 0 spiro atoms. The molecule has 12 heteroatoms. The zero-order valence-electron chi connectivity index (χ0n) is 14.3. The molecule has 0 heterocycles. The first-order chi connectivity index (χ1) is 10.8. The second-order valence-corrected chi connectivity index (χ2v) is 8.10. The van der Waals surface area contributed by atoms with Crippen molar-refractivity contribution in [3.8, 4) is 0 Å². The van der Waals surface area contributed by atoms with Gasteiger partial charge < -0.3 is 48.9 Å². The van der Waals surface area contributed by atoms with Gasteiger partial charge in [-0.2, -0.15) is 49.2 Å². The van der Waals surface area contributed by atoms with Crippen molar-refractivity contribution in [1.82, 2.24) is 0 Å². The van der Waals surface area contributed by atoms with E-state index in [0.29, 0.717) is 0 Å². The van der Waals surface area contributed by atoms with E-state index in [1.165, 1.54) is 0 Å². The normalized spacial score (nSPS) is 8.32. The molecule has 1 aromatic rings. The number of hydrogen-bond donors (Lipinski definition) is 7. The van der Waals surface area contributed by atoms with Gasteiger partial charge in [-0.15, -0.1) is 0 Å². The second kappa shape index (κ2) is 32.6. The van der Waals surface area contributed by atoms with Gasteiger partial charge in [0.15, 0.2) is 0 Å². The predicted molar refractivity (Wildman–Crippen MR) is 108 cm³/mol. The smallest absolute Gasteiger partial charge is 0.486 e. The van der Waals surface area contributed by atoms with Gasteiger partial charge in [0, 0.05) is 0 Å². The summed E-state index contributed by atoms with van der Waals surface area (Å²) in [5.41, 5.74) is 4.25. The molecule has 1 aromatic carbocycles. The molecule has 1 rings (SSSR count). The van der Waals surface area contributed by atoms with Crippen molar-refractivity contribution >= 4 is 37.1 Å². The first-order valence-electron chi connectivity index (χ1n) is 6.30. The molecule has 0 aromatic heterocycles. The van der Waals surface area contributed by atoms with Gasteiger partial charge in [0.25, 0.3) is 0 Å². The Morgan fingerprint density at radius 3 is 1.00 bits per heavy atom. The van der Waals surface area contributed by atoms with Crippen LogP contribution in [-0.4, -0.2) is 29.4 Å². The fraction of sp³-hybridized carbons (Fsp3) is 0.308. The SMILES string of the molecule is OP(O)(O)=S.OP(O)(O)=S.[CH2-]CC.[CH2-]CC.[CH2-]N.[Mo+4].[c-]1ccccc1. The first kappa shape index (κ1) is 40.6. The van der Waals surface area contributed by atoms with Crippen molar-refractivity contribution in [3.63, 3.8) is 0 Å². The average Bonchev–Trinajstić information content (AvgIpc) is 2.41. The summed E-state index contributed by atoms with van der Waals surface area (Å²) in [5.74, 6) is 0. The molecule has 0 atom stereocenters. The molecule has 8 N–H and O–H groups in total. The van der Waals surface area contributed by atoms with Crippen LogP contribution in [0.25, 0.3) is 0 Å². The molecular weight excluding hydrogens is 488 g/mol. The van der Waals surface area contributed by atoms with Crippen LogP contribution in [0, 0.1) is 27.0 Å². The summed E-state index contributed by atoms with van der Waals surface area (Å²) in [6.07, 6.45) is 2.00. The van der Waals surface area contributed by atoms with Gasteiger partial charge in [0.05, 0.1) is 0 Å². The van der Waals surface area contributed by atoms with Crippen molar-refractivity contribution < 1.29 is 50.4 Å². The minimum atomic E-state index is -3.81. The molecule has 0 aliphatic carbocycles. The van der Waals surface area contributed by atoms with Crippen molar-refractivity contribution in [2.24, 2.45) is 5.73 Å². The van der Waals surface area contributed by atoms with Crippen molar-refractivity contribution in [1.29, 1.82) is 0 Å². The summed E-state index contributed by atoms with van der Waals surface area (Å²) in [4.78, 5) is 45.3. The quantitative estimate of drug-likeness (QED) is 0.156. The summed E-state index contributed by atoms with van der Waals surface area (Å²) >= 11 is 7.21. The van der Waals surface area contributed by atoms with Crippen LogP contribution >= 0.6 is 13.4 Å². The zero-order valence-corrected chi connectivity index (χ0v) is 19.7. The van der Waals surface area contributed by atoms with Crippen molar-refractivity contribution in [2.75, 3.05) is 0 Å². The Kier molecular flexibility index (Phi) is 52.9. The molecule has 0 radical (unpaired) electrons. The molecule has 25 heavy (non-hydrogen) atoms. The van der Waals surface area contributed by atoms with E-state index in [0.717, 1.165) is 12.8 Å². The molecular formula is C13H29MoNO6P2S2. The van der Waals surface area contributed by atoms with E-state index in [1.807, 2.05) is 44.2 Å².